The van der Waals surface area contributed by atoms with Gasteiger partial charge in [0.25, 0.3) is 5.91 Å². The number of methoxy groups -OCH3 is 1. The highest BCUT2D eigenvalue weighted by molar-refractivity contribution is 6.02. The lowest BCUT2D eigenvalue weighted by Crippen LogP contribution is -2.45. The second kappa shape index (κ2) is 13.1. The fraction of sp³-hybridized carbons (Fsp3) is 0.265. The van der Waals surface area contributed by atoms with Gasteiger partial charge in [-0.3, -0.25) is 14.5 Å². The summed E-state index contributed by atoms with van der Waals surface area (Å²) < 4.78 is 25.0. The predicted molar refractivity (Wildman–Crippen MR) is 165 cm³/mol. The molecule has 3 aromatic carbocycles. The molecular weight excluding hydrogens is 575 g/mol. The maximum absolute atomic E-state index is 14.4. The highest BCUT2D eigenvalue weighted by atomic mass is 19.1. The van der Waals surface area contributed by atoms with Crippen molar-refractivity contribution in [3.8, 4) is 17.3 Å². The Balaban J connectivity index is 1.38. The molecule has 0 spiro atoms. The Morgan fingerprint density at radius 3 is 2.53 bits per heavy atom. The number of amides is 2. The number of carbonyl (C=O) groups excluding carboxylic acids is 2. The first-order valence-corrected chi connectivity index (χ1v) is 14.8. The molecule has 0 saturated carbocycles. The Morgan fingerprint density at radius 1 is 1.02 bits per heavy atom. The van der Waals surface area contributed by atoms with E-state index in [1.54, 1.807) is 19.2 Å². The van der Waals surface area contributed by atoms with E-state index in [4.69, 9.17) is 9.15 Å². The van der Waals surface area contributed by atoms with Crippen LogP contribution in [0, 0.1) is 12.7 Å². The van der Waals surface area contributed by atoms with Crippen molar-refractivity contribution >= 4 is 17.5 Å². The van der Waals surface area contributed by atoms with Gasteiger partial charge in [0.2, 0.25) is 11.7 Å². The zero-order valence-corrected chi connectivity index (χ0v) is 25.1. The van der Waals surface area contributed by atoms with Crippen LogP contribution in [0.3, 0.4) is 0 Å². The van der Waals surface area contributed by atoms with Crippen LogP contribution >= 0.6 is 0 Å². The lowest BCUT2D eigenvalue weighted by atomic mass is 9.89. The summed E-state index contributed by atoms with van der Waals surface area (Å²) >= 11 is 0. The van der Waals surface area contributed by atoms with Crippen molar-refractivity contribution in [3.05, 3.63) is 113 Å². The summed E-state index contributed by atoms with van der Waals surface area (Å²) in [5.41, 5.74) is 4.11. The molecule has 2 amide bonds. The van der Waals surface area contributed by atoms with Gasteiger partial charge in [-0.15, -0.1) is 10.2 Å². The molecule has 6 rings (SSSR count). The smallest absolute Gasteiger partial charge is 0.251 e. The summed E-state index contributed by atoms with van der Waals surface area (Å²) in [4.78, 5) is 31.2. The third kappa shape index (κ3) is 6.62. The molecule has 0 aliphatic heterocycles. The first kappa shape index (κ1) is 29.7. The van der Waals surface area contributed by atoms with E-state index in [-0.39, 0.29) is 18.9 Å². The molecule has 0 unspecified atom stereocenters. The van der Waals surface area contributed by atoms with E-state index in [1.165, 1.54) is 34.0 Å². The van der Waals surface area contributed by atoms with E-state index >= 15 is 0 Å². The van der Waals surface area contributed by atoms with Crippen LogP contribution in [0.15, 0.2) is 83.3 Å². The molecule has 11 heteroatoms. The molecule has 0 radical (unpaired) electrons. The number of anilines is 1. The normalized spacial score (nSPS) is 13.1. The van der Waals surface area contributed by atoms with E-state index in [0.29, 0.717) is 28.5 Å². The summed E-state index contributed by atoms with van der Waals surface area (Å²) in [6.07, 6.45) is 3.66. The molecule has 230 valence electrons. The highest BCUT2D eigenvalue weighted by Gasteiger charge is 2.35. The Bertz CT molecular complexity index is 1800. The number of hydrogen-bond acceptors (Lipinski definition) is 7. The maximum atomic E-state index is 14.4. The Hall–Kier alpha value is -5.32. The summed E-state index contributed by atoms with van der Waals surface area (Å²) in [7, 11) is 1.59. The molecular formula is C34H33FN6O4. The van der Waals surface area contributed by atoms with E-state index in [9.17, 15) is 14.0 Å². The SMILES string of the molecule is COc1ccc(CNC(=O)[C@@H](c2ccc(F)cc2)N(C(=O)Cn2nnc(-c3ccc(C)o3)n2)c2cccc3c2CCCC3)cc1. The number of hydrogen-bond donors (Lipinski definition) is 1. The van der Waals surface area contributed by atoms with Gasteiger partial charge in [-0.05, 0) is 103 Å². The average Bonchev–Trinajstić information content (AvgIpc) is 3.72. The molecule has 1 N–H and O–H groups in total. The number of fused-ring (bicyclic) bond motifs is 1. The lowest BCUT2D eigenvalue weighted by Gasteiger charge is -2.34. The molecule has 2 aromatic heterocycles. The number of nitrogens with one attached hydrogen (secondary N) is 1. The monoisotopic (exact) mass is 608 g/mol. The van der Waals surface area contributed by atoms with Gasteiger partial charge in [0.05, 0.1) is 7.11 Å². The molecule has 1 aliphatic rings. The van der Waals surface area contributed by atoms with Crippen LogP contribution in [0.1, 0.15) is 46.9 Å². The standard InChI is InChI=1S/C34H33FN6O4/c1-22-10-19-30(45-22)33-37-39-40(38-33)21-31(42)41(29-9-5-7-24-6-3-4-8-28(24)29)32(25-13-15-26(35)16-14-25)34(43)36-20-23-11-17-27(44-2)18-12-23/h5,7,9-19,32H,3-4,6,8,20-21H2,1-2H3,(H,36,43)/t32-/m1/s1. The number of aryl methyl sites for hydroxylation is 2. The number of aromatic nitrogens is 4. The number of carbonyl (C=O) groups is 2. The Morgan fingerprint density at radius 2 is 1.80 bits per heavy atom. The number of tetrazole rings is 1. The molecule has 0 fully saturated rings. The maximum Gasteiger partial charge on any atom is 0.251 e. The molecule has 0 saturated heterocycles. The van der Waals surface area contributed by atoms with Gasteiger partial charge in [0.1, 0.15) is 29.9 Å². The first-order chi connectivity index (χ1) is 21.9. The number of benzene rings is 3. The molecule has 1 atom stereocenters. The minimum Gasteiger partial charge on any atom is -0.497 e. The quantitative estimate of drug-likeness (QED) is 0.227. The zero-order chi connectivity index (χ0) is 31.3. The molecule has 10 nitrogen and oxygen atoms in total. The second-order valence-electron chi connectivity index (χ2n) is 11.0. The van der Waals surface area contributed by atoms with Gasteiger partial charge in [0.15, 0.2) is 5.76 Å². The van der Waals surface area contributed by atoms with Gasteiger partial charge in [0, 0.05) is 12.2 Å². The minimum atomic E-state index is -1.11. The fourth-order valence-electron chi connectivity index (χ4n) is 5.66. The average molecular weight is 609 g/mol. The molecule has 0 bridgehead atoms. The van der Waals surface area contributed by atoms with Gasteiger partial charge in [-0.1, -0.05) is 36.4 Å². The Labute approximate surface area is 259 Å². The van der Waals surface area contributed by atoms with Crippen molar-refractivity contribution in [1.82, 2.24) is 25.5 Å². The van der Waals surface area contributed by atoms with Crippen LogP contribution in [-0.4, -0.2) is 39.1 Å². The van der Waals surface area contributed by atoms with Crippen molar-refractivity contribution in [2.45, 2.75) is 51.7 Å². The fourth-order valence-corrected chi connectivity index (χ4v) is 5.66. The van der Waals surface area contributed by atoms with Crippen LogP contribution in [0.2, 0.25) is 0 Å². The third-order valence-electron chi connectivity index (χ3n) is 7.91. The van der Waals surface area contributed by atoms with Crippen molar-refractivity contribution in [2.75, 3.05) is 12.0 Å². The van der Waals surface area contributed by atoms with E-state index in [2.05, 4.69) is 26.8 Å². The molecule has 1 aliphatic carbocycles. The van der Waals surface area contributed by atoms with Crippen LogP contribution < -0.4 is 15.0 Å². The number of ether oxygens (including phenoxy) is 1. The van der Waals surface area contributed by atoms with Crippen molar-refractivity contribution in [1.29, 1.82) is 0 Å². The number of nitrogens with zero attached hydrogens (tertiary/aromatic N) is 5. The molecule has 2 heterocycles. The minimum absolute atomic E-state index is 0.214. The summed E-state index contributed by atoms with van der Waals surface area (Å²) in [5, 5.41) is 15.5. The highest BCUT2D eigenvalue weighted by Crippen LogP contribution is 2.36. The summed E-state index contributed by atoms with van der Waals surface area (Å²) in [5.74, 6) is 0.778. The predicted octanol–water partition coefficient (Wildman–Crippen LogP) is 5.36. The van der Waals surface area contributed by atoms with Gasteiger partial charge >= 0.3 is 0 Å². The van der Waals surface area contributed by atoms with Crippen molar-refractivity contribution < 1.29 is 23.1 Å². The number of halogens is 1. The number of rotatable bonds is 10. The van der Waals surface area contributed by atoms with Gasteiger partial charge < -0.3 is 14.5 Å². The molecule has 45 heavy (non-hydrogen) atoms. The topological polar surface area (TPSA) is 115 Å². The van der Waals surface area contributed by atoms with Gasteiger partial charge in [-0.2, -0.15) is 4.80 Å². The van der Waals surface area contributed by atoms with Crippen LogP contribution in [0.25, 0.3) is 11.6 Å². The van der Waals surface area contributed by atoms with E-state index < -0.39 is 23.7 Å². The second-order valence-corrected chi connectivity index (χ2v) is 11.0. The third-order valence-corrected chi connectivity index (χ3v) is 7.91. The van der Waals surface area contributed by atoms with E-state index in [1.807, 2.05) is 43.3 Å². The van der Waals surface area contributed by atoms with Crippen LogP contribution in [-0.2, 0) is 35.5 Å². The lowest BCUT2D eigenvalue weighted by molar-refractivity contribution is -0.127. The van der Waals surface area contributed by atoms with E-state index in [0.717, 1.165) is 42.4 Å². The summed E-state index contributed by atoms with van der Waals surface area (Å²) in [6.45, 7) is 1.73. The first-order valence-electron chi connectivity index (χ1n) is 14.8. The van der Waals surface area contributed by atoms with Gasteiger partial charge in [-0.25, -0.2) is 4.39 Å². The Kier molecular flexibility index (Phi) is 8.68. The van der Waals surface area contributed by atoms with Crippen LogP contribution in [0.4, 0.5) is 10.1 Å². The largest absolute Gasteiger partial charge is 0.497 e. The number of furan rings is 1. The summed E-state index contributed by atoms with van der Waals surface area (Å²) in [6, 6.07) is 21.2. The van der Waals surface area contributed by atoms with Crippen molar-refractivity contribution in [3.63, 3.8) is 0 Å². The zero-order valence-electron chi connectivity index (χ0n) is 25.1. The van der Waals surface area contributed by atoms with Crippen LogP contribution in [0.5, 0.6) is 5.75 Å². The van der Waals surface area contributed by atoms with Crippen molar-refractivity contribution in [2.24, 2.45) is 0 Å². The molecule has 5 aromatic rings.